The Kier molecular flexibility index (Phi) is 3.63. The first-order valence-electron chi connectivity index (χ1n) is 4.10. The molecule has 0 spiro atoms. The molecular weight excluding hydrogens is 202 g/mol. The lowest BCUT2D eigenvalue weighted by atomic mass is 10.1. The summed E-state index contributed by atoms with van der Waals surface area (Å²) in [5.74, 6) is 0.204. The number of amidine groups is 1. The predicted octanol–water partition coefficient (Wildman–Crippen LogP) is 0.357. The van der Waals surface area contributed by atoms with E-state index in [2.05, 4.69) is 15.4 Å². The summed E-state index contributed by atoms with van der Waals surface area (Å²) < 4.78 is 0. The van der Waals surface area contributed by atoms with E-state index in [1.165, 1.54) is 11.3 Å². The third-order valence-electron chi connectivity index (χ3n) is 1.84. The van der Waals surface area contributed by atoms with Crippen LogP contribution in [0.25, 0.3) is 0 Å². The van der Waals surface area contributed by atoms with Gasteiger partial charge in [-0.1, -0.05) is 23.4 Å². The average Bonchev–Trinajstić information content (AvgIpc) is 2.69. The van der Waals surface area contributed by atoms with Crippen LogP contribution in [-0.2, 0) is 0 Å². The zero-order valence-electron chi connectivity index (χ0n) is 8.08. The van der Waals surface area contributed by atoms with E-state index in [0.29, 0.717) is 6.54 Å². The summed E-state index contributed by atoms with van der Waals surface area (Å²) in [6.07, 6.45) is 0. The van der Waals surface area contributed by atoms with Gasteiger partial charge in [0.2, 0.25) is 5.13 Å². The molecule has 1 unspecified atom stereocenters. The third-order valence-corrected chi connectivity index (χ3v) is 2.65. The lowest BCUT2D eigenvalue weighted by molar-refractivity contribution is 0.314. The zero-order valence-corrected chi connectivity index (χ0v) is 8.90. The van der Waals surface area contributed by atoms with E-state index in [1.54, 1.807) is 5.51 Å². The van der Waals surface area contributed by atoms with Crippen molar-refractivity contribution in [2.24, 2.45) is 16.8 Å². The van der Waals surface area contributed by atoms with Crippen LogP contribution in [0.4, 0.5) is 5.13 Å². The lowest BCUT2D eigenvalue weighted by Crippen LogP contribution is -2.32. The summed E-state index contributed by atoms with van der Waals surface area (Å²) in [5.41, 5.74) is 7.13. The molecule has 78 valence electrons. The molecule has 0 amide bonds. The number of aromatic nitrogens is 2. The Morgan fingerprint density at radius 2 is 2.57 bits per heavy atom. The highest BCUT2D eigenvalue weighted by Crippen LogP contribution is 2.14. The smallest absolute Gasteiger partial charge is 0.207 e. The Labute approximate surface area is 86.0 Å². The van der Waals surface area contributed by atoms with Crippen LogP contribution in [0.2, 0.25) is 0 Å². The second-order valence-corrected chi connectivity index (χ2v) is 3.84. The van der Waals surface area contributed by atoms with Gasteiger partial charge in [0.15, 0.2) is 0 Å². The van der Waals surface area contributed by atoms with E-state index in [1.807, 2.05) is 18.9 Å². The van der Waals surface area contributed by atoms with Gasteiger partial charge in [-0.2, -0.15) is 0 Å². The molecule has 14 heavy (non-hydrogen) atoms. The molecule has 6 nitrogen and oxygen atoms in total. The van der Waals surface area contributed by atoms with Gasteiger partial charge in [0, 0.05) is 19.5 Å². The molecule has 0 bridgehead atoms. The fourth-order valence-corrected chi connectivity index (χ4v) is 1.55. The Morgan fingerprint density at radius 1 is 1.86 bits per heavy atom. The third kappa shape index (κ3) is 2.56. The predicted molar refractivity (Wildman–Crippen MR) is 55.8 cm³/mol. The molecule has 0 aliphatic rings. The first-order valence-corrected chi connectivity index (χ1v) is 4.97. The maximum atomic E-state index is 8.47. The number of nitrogens with two attached hydrogens (primary N) is 1. The Hall–Kier alpha value is -1.37. The van der Waals surface area contributed by atoms with Crippen LogP contribution in [0.15, 0.2) is 10.7 Å². The van der Waals surface area contributed by atoms with Crippen molar-refractivity contribution in [2.45, 2.75) is 6.92 Å². The van der Waals surface area contributed by atoms with Gasteiger partial charge in [-0.25, -0.2) is 0 Å². The van der Waals surface area contributed by atoms with Gasteiger partial charge in [-0.3, -0.25) is 0 Å². The molecule has 1 aromatic rings. The standard InChI is InChI=1S/C7H13N5OS/c1-5(6(8)11-13)3-12(2)7-10-9-4-14-7/h4-5,13H,3H2,1-2H3,(H2,8,11). The summed E-state index contributed by atoms with van der Waals surface area (Å²) >= 11 is 1.45. The number of rotatable bonds is 4. The molecule has 1 heterocycles. The van der Waals surface area contributed by atoms with Crippen molar-refractivity contribution in [3.63, 3.8) is 0 Å². The molecule has 0 aliphatic carbocycles. The van der Waals surface area contributed by atoms with Gasteiger partial charge in [-0.05, 0) is 0 Å². The van der Waals surface area contributed by atoms with E-state index in [-0.39, 0.29) is 11.8 Å². The van der Waals surface area contributed by atoms with Gasteiger partial charge < -0.3 is 15.8 Å². The molecule has 7 heteroatoms. The summed E-state index contributed by atoms with van der Waals surface area (Å²) in [5, 5.41) is 19.9. The number of oxime groups is 1. The summed E-state index contributed by atoms with van der Waals surface area (Å²) in [6.45, 7) is 2.53. The highest BCUT2D eigenvalue weighted by Gasteiger charge is 2.12. The summed E-state index contributed by atoms with van der Waals surface area (Å²) in [4.78, 5) is 1.92. The highest BCUT2D eigenvalue weighted by atomic mass is 32.1. The second-order valence-electron chi connectivity index (χ2n) is 3.03. The largest absolute Gasteiger partial charge is 0.409 e. The number of hydrogen-bond donors (Lipinski definition) is 2. The molecule has 0 fully saturated rings. The van der Waals surface area contributed by atoms with Crippen LogP contribution >= 0.6 is 11.3 Å². The number of hydrogen-bond acceptors (Lipinski definition) is 6. The van der Waals surface area contributed by atoms with Gasteiger partial charge in [0.1, 0.15) is 11.3 Å². The topological polar surface area (TPSA) is 87.6 Å². The van der Waals surface area contributed by atoms with Crippen molar-refractivity contribution < 1.29 is 5.21 Å². The zero-order chi connectivity index (χ0) is 10.6. The van der Waals surface area contributed by atoms with Gasteiger partial charge in [-0.15, -0.1) is 10.2 Å². The molecular formula is C7H13N5OS. The maximum Gasteiger partial charge on any atom is 0.207 e. The normalized spacial score (nSPS) is 14.0. The van der Waals surface area contributed by atoms with Crippen molar-refractivity contribution >= 4 is 22.3 Å². The average molecular weight is 215 g/mol. The highest BCUT2D eigenvalue weighted by molar-refractivity contribution is 7.13. The quantitative estimate of drug-likeness (QED) is 0.327. The van der Waals surface area contributed by atoms with Gasteiger partial charge in [0.25, 0.3) is 0 Å². The SMILES string of the molecule is CC(CN(C)c1nncs1)C(N)=NO. The van der Waals surface area contributed by atoms with Crippen LogP contribution in [0, 0.1) is 5.92 Å². The minimum Gasteiger partial charge on any atom is -0.409 e. The number of anilines is 1. The fraction of sp³-hybridized carbons (Fsp3) is 0.571. The van der Waals surface area contributed by atoms with E-state index < -0.39 is 0 Å². The van der Waals surface area contributed by atoms with Crippen LogP contribution in [0.5, 0.6) is 0 Å². The summed E-state index contributed by atoms with van der Waals surface area (Å²) in [6, 6.07) is 0. The first-order chi connectivity index (χ1) is 6.65. The monoisotopic (exact) mass is 215 g/mol. The van der Waals surface area contributed by atoms with Crippen molar-refractivity contribution in [3.8, 4) is 0 Å². The van der Waals surface area contributed by atoms with Crippen LogP contribution in [0.3, 0.4) is 0 Å². The summed E-state index contributed by atoms with van der Waals surface area (Å²) in [7, 11) is 1.89. The lowest BCUT2D eigenvalue weighted by Gasteiger charge is -2.18. The van der Waals surface area contributed by atoms with E-state index in [4.69, 9.17) is 10.9 Å². The molecule has 1 rings (SSSR count). The molecule has 0 radical (unpaired) electrons. The minimum atomic E-state index is -0.0195. The fourth-order valence-electron chi connectivity index (χ4n) is 1.01. The molecule has 0 saturated carbocycles. The Morgan fingerprint density at radius 3 is 3.07 bits per heavy atom. The van der Waals surface area contributed by atoms with Gasteiger partial charge >= 0.3 is 0 Å². The molecule has 3 N–H and O–H groups in total. The van der Waals surface area contributed by atoms with Gasteiger partial charge in [0.05, 0.1) is 0 Å². The maximum absolute atomic E-state index is 8.47. The molecule has 1 aromatic heterocycles. The van der Waals surface area contributed by atoms with E-state index in [9.17, 15) is 0 Å². The second kappa shape index (κ2) is 4.75. The van der Waals surface area contributed by atoms with Crippen molar-refractivity contribution in [2.75, 3.05) is 18.5 Å². The molecule has 0 aromatic carbocycles. The van der Waals surface area contributed by atoms with Crippen molar-refractivity contribution in [3.05, 3.63) is 5.51 Å². The van der Waals surface area contributed by atoms with E-state index in [0.717, 1.165) is 5.13 Å². The van der Waals surface area contributed by atoms with Crippen molar-refractivity contribution in [1.82, 2.24) is 10.2 Å². The van der Waals surface area contributed by atoms with Crippen molar-refractivity contribution in [1.29, 1.82) is 0 Å². The van der Waals surface area contributed by atoms with Crippen LogP contribution < -0.4 is 10.6 Å². The molecule has 1 atom stereocenters. The number of nitrogens with zero attached hydrogens (tertiary/aromatic N) is 4. The van der Waals surface area contributed by atoms with E-state index >= 15 is 0 Å². The van der Waals surface area contributed by atoms with Crippen LogP contribution in [0.1, 0.15) is 6.92 Å². The Bertz CT molecular complexity index is 299. The minimum absolute atomic E-state index is 0.0195. The molecule has 0 aliphatic heterocycles. The Balaban J connectivity index is 2.53. The first kappa shape index (κ1) is 10.7. The molecule has 0 saturated heterocycles. The van der Waals surface area contributed by atoms with Crippen LogP contribution in [-0.4, -0.2) is 34.8 Å².